The van der Waals surface area contributed by atoms with Crippen LogP contribution in [0.3, 0.4) is 0 Å². The number of amides is 2. The van der Waals surface area contributed by atoms with Crippen molar-refractivity contribution in [2.75, 3.05) is 32.7 Å². The van der Waals surface area contributed by atoms with Gasteiger partial charge >= 0.3 is 0 Å². The van der Waals surface area contributed by atoms with Crippen LogP contribution in [-0.4, -0.2) is 63.8 Å². The third-order valence-electron chi connectivity index (χ3n) is 8.54. The Balaban J connectivity index is 1.09. The summed E-state index contributed by atoms with van der Waals surface area (Å²) in [5.41, 5.74) is 3.88. The van der Waals surface area contributed by atoms with Crippen LogP contribution < -0.4 is 0 Å². The van der Waals surface area contributed by atoms with E-state index in [1.54, 1.807) is 11.0 Å². The fourth-order valence-electron chi connectivity index (χ4n) is 6.21. The summed E-state index contributed by atoms with van der Waals surface area (Å²) < 4.78 is 21.5. The molecule has 0 radical (unpaired) electrons. The average molecular weight is 619 g/mol. The second-order valence-electron chi connectivity index (χ2n) is 11.7. The molecule has 0 N–H and O–H groups in total. The van der Waals surface area contributed by atoms with Crippen molar-refractivity contribution in [2.45, 2.75) is 32.5 Å². The predicted molar refractivity (Wildman–Crippen MR) is 176 cm³/mol. The minimum atomic E-state index is -0.370. The fraction of sp³-hybridized carbons (Fsp3) is 0.263. The van der Waals surface area contributed by atoms with Crippen molar-refractivity contribution in [1.29, 1.82) is 0 Å². The minimum absolute atomic E-state index is 0.103. The van der Waals surface area contributed by atoms with E-state index in [1.807, 2.05) is 52.9 Å². The smallest absolute Gasteiger partial charge is 0.289 e. The monoisotopic (exact) mass is 618 g/mol. The number of aromatic nitrogens is 1. The van der Waals surface area contributed by atoms with Crippen LogP contribution in [0.25, 0.3) is 0 Å². The molecule has 0 aliphatic carbocycles. The highest BCUT2D eigenvalue weighted by molar-refractivity contribution is 5.94. The predicted octanol–water partition coefficient (Wildman–Crippen LogP) is 6.87. The molecule has 5 aromatic rings. The standard InChI is InChI=1S/C38H39FN4O3/c1-2-21-43(37(44)31-15-17-32(39)18-16-31)27-33-14-9-22-42(33)28-34-19-20-35(46-34)38(45)41-25-23-40(24-26-41)36(29-10-5-3-6-11-29)30-12-7-4-8-13-30/h3-20,22,36H,2,21,23-28H2,1H3. The number of furan rings is 1. The lowest BCUT2D eigenvalue weighted by atomic mass is 9.96. The summed E-state index contributed by atoms with van der Waals surface area (Å²) in [6.45, 7) is 6.17. The van der Waals surface area contributed by atoms with Gasteiger partial charge in [0.25, 0.3) is 11.8 Å². The topological polar surface area (TPSA) is 61.9 Å². The zero-order valence-corrected chi connectivity index (χ0v) is 26.1. The molecule has 7 nitrogen and oxygen atoms in total. The SMILES string of the molecule is CCCN(Cc1cccn1Cc1ccc(C(=O)N2CCN(C(c3ccccc3)c3ccccc3)CC2)o1)C(=O)c1ccc(F)cc1. The van der Waals surface area contributed by atoms with Crippen LogP contribution in [0.5, 0.6) is 0 Å². The van der Waals surface area contributed by atoms with E-state index in [2.05, 4.69) is 53.4 Å². The molecule has 1 aliphatic rings. The average Bonchev–Trinajstić information content (AvgIpc) is 3.75. The maximum absolute atomic E-state index is 13.5. The Kier molecular flexibility index (Phi) is 9.74. The molecule has 1 aliphatic heterocycles. The molecule has 3 heterocycles. The molecular formula is C38H39FN4O3. The molecule has 0 atom stereocenters. The lowest BCUT2D eigenvalue weighted by Crippen LogP contribution is -2.49. The molecule has 0 unspecified atom stereocenters. The number of hydrogen-bond acceptors (Lipinski definition) is 4. The molecule has 2 amide bonds. The van der Waals surface area contributed by atoms with Gasteiger partial charge in [0, 0.05) is 50.2 Å². The second-order valence-corrected chi connectivity index (χ2v) is 11.7. The molecule has 2 aromatic heterocycles. The van der Waals surface area contributed by atoms with Gasteiger partial charge in [-0.15, -0.1) is 0 Å². The number of rotatable bonds is 11. The summed E-state index contributed by atoms with van der Waals surface area (Å²) in [6, 6.07) is 34.3. The highest BCUT2D eigenvalue weighted by atomic mass is 19.1. The van der Waals surface area contributed by atoms with Gasteiger partial charge in [0.05, 0.1) is 19.1 Å². The Hall–Kier alpha value is -4.95. The maximum Gasteiger partial charge on any atom is 0.289 e. The number of halogens is 1. The van der Waals surface area contributed by atoms with Crippen LogP contribution in [0.1, 0.15) is 62.9 Å². The van der Waals surface area contributed by atoms with Crippen LogP contribution in [0.4, 0.5) is 4.39 Å². The Morgan fingerprint density at radius 2 is 1.46 bits per heavy atom. The van der Waals surface area contributed by atoms with Crippen LogP contribution in [0.2, 0.25) is 0 Å². The number of carbonyl (C=O) groups excluding carboxylic acids is 2. The highest BCUT2D eigenvalue weighted by Gasteiger charge is 2.29. The molecule has 0 spiro atoms. The Bertz CT molecular complexity index is 1690. The van der Waals surface area contributed by atoms with Crippen molar-refractivity contribution in [3.05, 3.63) is 155 Å². The van der Waals surface area contributed by atoms with Gasteiger partial charge in [0.2, 0.25) is 0 Å². The molecule has 8 heteroatoms. The number of benzene rings is 3. The first-order chi connectivity index (χ1) is 22.5. The molecule has 6 rings (SSSR count). The van der Waals surface area contributed by atoms with Gasteiger partial charge in [-0.25, -0.2) is 4.39 Å². The molecule has 3 aromatic carbocycles. The third kappa shape index (κ3) is 7.13. The van der Waals surface area contributed by atoms with E-state index >= 15 is 0 Å². The first-order valence-electron chi connectivity index (χ1n) is 15.9. The first-order valence-corrected chi connectivity index (χ1v) is 15.9. The second kappa shape index (κ2) is 14.4. The largest absolute Gasteiger partial charge is 0.454 e. The Morgan fingerprint density at radius 3 is 2.09 bits per heavy atom. The minimum Gasteiger partial charge on any atom is -0.454 e. The summed E-state index contributed by atoms with van der Waals surface area (Å²) in [4.78, 5) is 32.8. The number of carbonyl (C=O) groups is 2. The zero-order chi connectivity index (χ0) is 31.9. The van der Waals surface area contributed by atoms with Crippen molar-refractivity contribution >= 4 is 11.8 Å². The maximum atomic E-state index is 13.5. The third-order valence-corrected chi connectivity index (χ3v) is 8.54. The van der Waals surface area contributed by atoms with E-state index in [-0.39, 0.29) is 23.7 Å². The Labute approximate surface area is 269 Å². The molecular weight excluding hydrogens is 579 g/mol. The van der Waals surface area contributed by atoms with E-state index in [4.69, 9.17) is 4.42 Å². The van der Waals surface area contributed by atoms with Crippen molar-refractivity contribution in [3.8, 4) is 0 Å². The first kappa shape index (κ1) is 31.0. The van der Waals surface area contributed by atoms with Gasteiger partial charge in [0.1, 0.15) is 11.6 Å². The molecule has 236 valence electrons. The van der Waals surface area contributed by atoms with E-state index in [9.17, 15) is 14.0 Å². The van der Waals surface area contributed by atoms with Crippen LogP contribution in [0.15, 0.2) is 120 Å². The van der Waals surface area contributed by atoms with E-state index in [1.165, 1.54) is 35.4 Å². The van der Waals surface area contributed by atoms with Crippen molar-refractivity contribution in [3.63, 3.8) is 0 Å². The summed E-state index contributed by atoms with van der Waals surface area (Å²) in [7, 11) is 0. The van der Waals surface area contributed by atoms with Crippen molar-refractivity contribution in [1.82, 2.24) is 19.3 Å². The van der Waals surface area contributed by atoms with Gasteiger partial charge in [0.15, 0.2) is 5.76 Å². The van der Waals surface area contributed by atoms with Gasteiger partial charge in [-0.3, -0.25) is 14.5 Å². The van der Waals surface area contributed by atoms with E-state index in [0.717, 1.165) is 25.2 Å². The summed E-state index contributed by atoms with van der Waals surface area (Å²) in [5, 5.41) is 0. The summed E-state index contributed by atoms with van der Waals surface area (Å²) in [6.07, 6.45) is 2.74. The van der Waals surface area contributed by atoms with Gasteiger partial charge in [-0.05, 0) is 66.1 Å². The normalized spacial score (nSPS) is 13.7. The highest BCUT2D eigenvalue weighted by Crippen LogP contribution is 2.30. The van der Waals surface area contributed by atoms with Gasteiger partial charge in [-0.1, -0.05) is 67.6 Å². The fourth-order valence-corrected chi connectivity index (χ4v) is 6.21. The van der Waals surface area contributed by atoms with Gasteiger partial charge in [-0.2, -0.15) is 0 Å². The van der Waals surface area contributed by atoms with Crippen LogP contribution in [-0.2, 0) is 13.1 Å². The Morgan fingerprint density at radius 1 is 0.804 bits per heavy atom. The quantitative estimate of drug-likeness (QED) is 0.162. The lowest BCUT2D eigenvalue weighted by Gasteiger charge is -2.39. The molecule has 46 heavy (non-hydrogen) atoms. The van der Waals surface area contributed by atoms with Crippen LogP contribution in [0, 0.1) is 5.82 Å². The van der Waals surface area contributed by atoms with Crippen molar-refractivity contribution < 1.29 is 18.4 Å². The van der Waals surface area contributed by atoms with Gasteiger partial charge < -0.3 is 18.8 Å². The zero-order valence-electron chi connectivity index (χ0n) is 26.1. The van der Waals surface area contributed by atoms with E-state index in [0.29, 0.717) is 49.8 Å². The van der Waals surface area contributed by atoms with Crippen molar-refractivity contribution in [2.24, 2.45) is 0 Å². The number of piperazine rings is 1. The summed E-state index contributed by atoms with van der Waals surface area (Å²) >= 11 is 0. The van der Waals surface area contributed by atoms with E-state index < -0.39 is 0 Å². The molecule has 0 saturated carbocycles. The summed E-state index contributed by atoms with van der Waals surface area (Å²) in [5.74, 6) is 0.386. The molecule has 1 saturated heterocycles. The lowest BCUT2D eigenvalue weighted by molar-refractivity contribution is 0.0565. The van der Waals surface area contributed by atoms with Crippen LogP contribution >= 0.6 is 0 Å². The molecule has 1 fully saturated rings. The number of nitrogens with zero attached hydrogens (tertiary/aromatic N) is 4. The molecule has 0 bridgehead atoms. The number of hydrogen-bond donors (Lipinski definition) is 0.